The van der Waals surface area contributed by atoms with Gasteiger partial charge in [-0.3, -0.25) is 0 Å². The summed E-state index contributed by atoms with van der Waals surface area (Å²) in [6.07, 6.45) is 3.59. The summed E-state index contributed by atoms with van der Waals surface area (Å²) in [5.41, 5.74) is 0.631. The van der Waals surface area contributed by atoms with Gasteiger partial charge in [-0.05, 0) is 37.6 Å². The highest BCUT2D eigenvalue weighted by Crippen LogP contribution is 2.14. The highest BCUT2D eigenvalue weighted by Gasteiger charge is 2.12. The second-order valence-electron chi connectivity index (χ2n) is 4.16. The van der Waals surface area contributed by atoms with E-state index >= 15 is 0 Å². The van der Waals surface area contributed by atoms with E-state index in [1.54, 1.807) is 6.07 Å². The van der Waals surface area contributed by atoms with Crippen molar-refractivity contribution in [1.29, 1.82) is 0 Å². The van der Waals surface area contributed by atoms with Crippen LogP contribution in [0.2, 0.25) is 0 Å². The first-order chi connectivity index (χ1) is 7.75. The highest BCUT2D eigenvalue weighted by atomic mass is 19.2. The first-order valence-corrected chi connectivity index (χ1v) is 5.68. The zero-order valence-corrected chi connectivity index (χ0v) is 9.10. The van der Waals surface area contributed by atoms with Gasteiger partial charge in [0.05, 0.1) is 0 Å². The Balaban J connectivity index is 1.86. The van der Waals surface area contributed by atoms with E-state index in [4.69, 9.17) is 0 Å². The van der Waals surface area contributed by atoms with E-state index in [0.29, 0.717) is 11.7 Å². The minimum atomic E-state index is -0.804. The van der Waals surface area contributed by atoms with Crippen molar-refractivity contribution in [2.24, 2.45) is 0 Å². The molecule has 1 aliphatic rings. The summed E-state index contributed by atoms with van der Waals surface area (Å²) in [7, 11) is 0. The Labute approximate surface area is 94.0 Å². The number of piperidine rings is 1. The molecule has 0 aromatic heterocycles. The van der Waals surface area contributed by atoms with Crippen molar-refractivity contribution in [1.82, 2.24) is 5.32 Å². The minimum absolute atomic E-state index is 0.432. The Morgan fingerprint density at radius 3 is 2.81 bits per heavy atom. The number of benzene rings is 1. The molecule has 1 atom stereocenters. The van der Waals surface area contributed by atoms with Gasteiger partial charge in [-0.1, -0.05) is 6.42 Å². The maximum Gasteiger partial charge on any atom is 0.160 e. The summed E-state index contributed by atoms with van der Waals surface area (Å²) in [6.45, 7) is 1.80. The number of nitrogens with one attached hydrogen (secondary N) is 2. The summed E-state index contributed by atoms with van der Waals surface area (Å²) < 4.78 is 25.6. The minimum Gasteiger partial charge on any atom is -0.383 e. The van der Waals surface area contributed by atoms with Crippen molar-refractivity contribution in [3.05, 3.63) is 29.8 Å². The van der Waals surface area contributed by atoms with Crippen LogP contribution >= 0.6 is 0 Å². The summed E-state index contributed by atoms with van der Waals surface area (Å²) in [4.78, 5) is 0. The van der Waals surface area contributed by atoms with E-state index < -0.39 is 11.6 Å². The number of hydrogen-bond acceptors (Lipinski definition) is 2. The molecule has 0 spiro atoms. The fourth-order valence-corrected chi connectivity index (χ4v) is 1.95. The first kappa shape index (κ1) is 11.3. The van der Waals surface area contributed by atoms with E-state index in [1.165, 1.54) is 18.9 Å². The Bertz CT molecular complexity index is 349. The third-order valence-electron chi connectivity index (χ3n) is 2.88. The second kappa shape index (κ2) is 5.25. The second-order valence-corrected chi connectivity index (χ2v) is 4.16. The van der Waals surface area contributed by atoms with Gasteiger partial charge in [-0.2, -0.15) is 0 Å². The molecule has 1 fully saturated rings. The van der Waals surface area contributed by atoms with Crippen LogP contribution in [0, 0.1) is 11.6 Å². The number of rotatable bonds is 3. The Morgan fingerprint density at radius 2 is 2.12 bits per heavy atom. The maximum atomic E-state index is 12.9. The lowest BCUT2D eigenvalue weighted by Gasteiger charge is -2.24. The number of hydrogen-bond donors (Lipinski definition) is 2. The monoisotopic (exact) mass is 226 g/mol. The molecule has 1 heterocycles. The molecule has 1 aromatic rings. The lowest BCUT2D eigenvalue weighted by Crippen LogP contribution is -2.39. The van der Waals surface area contributed by atoms with E-state index in [-0.39, 0.29) is 0 Å². The Morgan fingerprint density at radius 1 is 1.25 bits per heavy atom. The van der Waals surface area contributed by atoms with Crippen molar-refractivity contribution in [3.8, 4) is 0 Å². The molecule has 2 N–H and O–H groups in total. The van der Waals surface area contributed by atoms with Crippen LogP contribution in [0.4, 0.5) is 14.5 Å². The predicted octanol–water partition coefficient (Wildman–Crippen LogP) is 2.52. The van der Waals surface area contributed by atoms with Crippen molar-refractivity contribution < 1.29 is 8.78 Å². The summed E-state index contributed by atoms with van der Waals surface area (Å²) in [5, 5.41) is 6.50. The molecule has 4 heteroatoms. The topological polar surface area (TPSA) is 24.1 Å². The van der Waals surface area contributed by atoms with Gasteiger partial charge in [0.1, 0.15) is 0 Å². The van der Waals surface area contributed by atoms with Crippen LogP contribution < -0.4 is 10.6 Å². The van der Waals surface area contributed by atoms with E-state index in [9.17, 15) is 8.78 Å². The smallest absolute Gasteiger partial charge is 0.160 e. The Hall–Kier alpha value is -1.16. The SMILES string of the molecule is Fc1ccc(NCC2CCCCN2)cc1F. The van der Waals surface area contributed by atoms with Crippen molar-refractivity contribution in [2.45, 2.75) is 25.3 Å². The maximum absolute atomic E-state index is 12.9. The van der Waals surface area contributed by atoms with E-state index in [0.717, 1.165) is 25.6 Å². The summed E-state index contributed by atoms with van der Waals surface area (Å²) in [5.74, 6) is -1.61. The molecule has 0 radical (unpaired) electrons. The zero-order chi connectivity index (χ0) is 11.4. The molecular formula is C12H16F2N2. The third-order valence-corrected chi connectivity index (χ3v) is 2.88. The highest BCUT2D eigenvalue weighted by molar-refractivity contribution is 5.43. The van der Waals surface area contributed by atoms with Gasteiger partial charge in [-0.15, -0.1) is 0 Å². The normalized spacial score (nSPS) is 20.8. The van der Waals surface area contributed by atoms with Crippen molar-refractivity contribution in [2.75, 3.05) is 18.4 Å². The van der Waals surface area contributed by atoms with Gasteiger partial charge < -0.3 is 10.6 Å². The molecule has 0 saturated carbocycles. The molecule has 0 amide bonds. The lowest BCUT2D eigenvalue weighted by molar-refractivity contribution is 0.414. The van der Waals surface area contributed by atoms with Crippen LogP contribution in [0.3, 0.4) is 0 Å². The van der Waals surface area contributed by atoms with Gasteiger partial charge in [0.25, 0.3) is 0 Å². The van der Waals surface area contributed by atoms with Gasteiger partial charge in [0, 0.05) is 18.3 Å². The molecule has 1 saturated heterocycles. The van der Waals surface area contributed by atoms with Crippen LogP contribution in [0.5, 0.6) is 0 Å². The standard InChI is InChI=1S/C12H16F2N2/c13-11-5-4-9(7-12(11)14)16-8-10-3-1-2-6-15-10/h4-5,7,10,15-16H,1-3,6,8H2. The van der Waals surface area contributed by atoms with Crippen LogP contribution in [-0.2, 0) is 0 Å². The molecule has 2 nitrogen and oxygen atoms in total. The fraction of sp³-hybridized carbons (Fsp3) is 0.500. The lowest BCUT2D eigenvalue weighted by atomic mass is 10.1. The molecule has 1 unspecified atom stereocenters. The van der Waals surface area contributed by atoms with Crippen LogP contribution in [0.25, 0.3) is 0 Å². The van der Waals surface area contributed by atoms with Gasteiger partial charge in [-0.25, -0.2) is 8.78 Å². The average molecular weight is 226 g/mol. The number of halogens is 2. The van der Waals surface area contributed by atoms with Gasteiger partial charge in [0.2, 0.25) is 0 Å². The van der Waals surface area contributed by atoms with Crippen LogP contribution in [-0.4, -0.2) is 19.1 Å². The number of anilines is 1. The molecular weight excluding hydrogens is 210 g/mol. The molecule has 0 bridgehead atoms. The third kappa shape index (κ3) is 2.92. The van der Waals surface area contributed by atoms with E-state index in [1.807, 2.05) is 0 Å². The van der Waals surface area contributed by atoms with Crippen LogP contribution in [0.1, 0.15) is 19.3 Å². The quantitative estimate of drug-likeness (QED) is 0.827. The molecule has 16 heavy (non-hydrogen) atoms. The molecule has 1 aromatic carbocycles. The van der Waals surface area contributed by atoms with Gasteiger partial charge >= 0.3 is 0 Å². The fourth-order valence-electron chi connectivity index (χ4n) is 1.95. The molecule has 88 valence electrons. The largest absolute Gasteiger partial charge is 0.383 e. The average Bonchev–Trinajstić information content (AvgIpc) is 2.32. The van der Waals surface area contributed by atoms with Crippen molar-refractivity contribution >= 4 is 5.69 Å². The molecule has 0 aliphatic carbocycles. The Kier molecular flexibility index (Phi) is 3.72. The van der Waals surface area contributed by atoms with Crippen molar-refractivity contribution in [3.63, 3.8) is 0 Å². The predicted molar refractivity (Wildman–Crippen MR) is 60.5 cm³/mol. The summed E-state index contributed by atoms with van der Waals surface area (Å²) in [6, 6.07) is 4.33. The van der Waals surface area contributed by atoms with Crippen LogP contribution in [0.15, 0.2) is 18.2 Å². The first-order valence-electron chi connectivity index (χ1n) is 5.68. The molecule has 1 aliphatic heterocycles. The van der Waals surface area contributed by atoms with Gasteiger partial charge in [0.15, 0.2) is 11.6 Å². The molecule has 2 rings (SSSR count). The summed E-state index contributed by atoms with van der Waals surface area (Å²) >= 11 is 0. The van der Waals surface area contributed by atoms with E-state index in [2.05, 4.69) is 10.6 Å². The zero-order valence-electron chi connectivity index (χ0n) is 9.10.